The molecule has 0 fully saturated rings. The average Bonchev–Trinajstić information content (AvgIpc) is 2.67. The Balaban J connectivity index is 1.86. The molecule has 0 saturated carbocycles. The number of nitrogens with one attached hydrogen (secondary N) is 2. The first-order valence-electron chi connectivity index (χ1n) is 9.34. The number of nitrogens with zero attached hydrogens (tertiary/aromatic N) is 2. The molecule has 6 nitrogen and oxygen atoms in total. The van der Waals surface area contributed by atoms with E-state index in [1.54, 1.807) is 13.2 Å². The van der Waals surface area contributed by atoms with E-state index in [9.17, 15) is 0 Å². The SMILES string of the molecule is CCOCCCNC(=NC)NCc1ccnc(Oc2ccc(C)c(C)c2)c1. The summed E-state index contributed by atoms with van der Waals surface area (Å²) in [6.07, 6.45) is 2.70. The molecule has 0 bridgehead atoms. The van der Waals surface area contributed by atoms with Gasteiger partial charge in [0, 0.05) is 45.6 Å². The van der Waals surface area contributed by atoms with Crippen LogP contribution in [0.1, 0.15) is 30.0 Å². The molecule has 0 saturated heterocycles. The first-order chi connectivity index (χ1) is 13.1. The Morgan fingerprint density at radius 1 is 1.11 bits per heavy atom. The number of rotatable bonds is 9. The highest BCUT2D eigenvalue weighted by molar-refractivity contribution is 5.79. The minimum atomic E-state index is 0.581. The Bertz CT molecular complexity index is 747. The molecule has 2 rings (SSSR count). The molecule has 1 aromatic heterocycles. The van der Waals surface area contributed by atoms with Gasteiger partial charge in [-0.1, -0.05) is 6.07 Å². The maximum absolute atomic E-state index is 5.89. The number of aromatic nitrogens is 1. The van der Waals surface area contributed by atoms with Gasteiger partial charge in [-0.3, -0.25) is 4.99 Å². The number of ether oxygens (including phenoxy) is 2. The predicted octanol–water partition coefficient (Wildman–Crippen LogP) is 3.58. The zero-order chi connectivity index (χ0) is 19.5. The number of hydrogen-bond donors (Lipinski definition) is 2. The Hall–Kier alpha value is -2.60. The summed E-state index contributed by atoms with van der Waals surface area (Å²) in [6.45, 7) is 9.12. The molecule has 1 heterocycles. The normalized spacial score (nSPS) is 11.3. The Morgan fingerprint density at radius 2 is 1.96 bits per heavy atom. The molecule has 0 aliphatic carbocycles. The minimum Gasteiger partial charge on any atom is -0.439 e. The van der Waals surface area contributed by atoms with Gasteiger partial charge >= 0.3 is 0 Å². The van der Waals surface area contributed by atoms with Crippen molar-refractivity contribution in [3.63, 3.8) is 0 Å². The fraction of sp³-hybridized carbons (Fsp3) is 0.429. The maximum Gasteiger partial charge on any atom is 0.219 e. The van der Waals surface area contributed by atoms with Gasteiger partial charge in [0.1, 0.15) is 5.75 Å². The number of aryl methyl sites for hydroxylation is 2. The second kappa shape index (κ2) is 11.2. The van der Waals surface area contributed by atoms with Crippen molar-refractivity contribution in [2.75, 3.05) is 26.8 Å². The Morgan fingerprint density at radius 3 is 2.70 bits per heavy atom. The molecular formula is C21H30N4O2. The van der Waals surface area contributed by atoms with Crippen LogP contribution in [0, 0.1) is 13.8 Å². The van der Waals surface area contributed by atoms with Crippen molar-refractivity contribution in [2.45, 2.75) is 33.7 Å². The second-order valence-corrected chi connectivity index (χ2v) is 6.25. The van der Waals surface area contributed by atoms with Gasteiger partial charge in [0.2, 0.25) is 5.88 Å². The molecule has 27 heavy (non-hydrogen) atoms. The molecule has 0 amide bonds. The molecule has 2 aromatic rings. The standard InChI is InChI=1S/C21H30N4O2/c1-5-26-12-6-10-24-21(22-4)25-15-18-9-11-23-20(14-18)27-19-8-7-16(2)17(3)13-19/h7-9,11,13-14H,5-6,10,12,15H2,1-4H3,(H2,22,24,25). The van der Waals surface area contributed by atoms with Crippen LogP contribution in [0.5, 0.6) is 11.6 Å². The first kappa shape index (κ1) is 20.7. The highest BCUT2D eigenvalue weighted by Gasteiger charge is 2.04. The van der Waals surface area contributed by atoms with E-state index < -0.39 is 0 Å². The van der Waals surface area contributed by atoms with Crippen molar-refractivity contribution in [3.05, 3.63) is 53.2 Å². The lowest BCUT2D eigenvalue weighted by Gasteiger charge is -2.12. The summed E-state index contributed by atoms with van der Waals surface area (Å²) in [4.78, 5) is 8.54. The average molecular weight is 370 g/mol. The largest absolute Gasteiger partial charge is 0.439 e. The van der Waals surface area contributed by atoms with Crippen LogP contribution in [-0.2, 0) is 11.3 Å². The molecule has 0 spiro atoms. The predicted molar refractivity (Wildman–Crippen MR) is 110 cm³/mol. The van der Waals surface area contributed by atoms with Crippen LogP contribution in [0.4, 0.5) is 0 Å². The van der Waals surface area contributed by atoms with Crippen LogP contribution in [0.3, 0.4) is 0 Å². The van der Waals surface area contributed by atoms with E-state index in [0.29, 0.717) is 12.4 Å². The van der Waals surface area contributed by atoms with Gasteiger partial charge in [-0.2, -0.15) is 0 Å². The van der Waals surface area contributed by atoms with Crippen molar-refractivity contribution in [1.82, 2.24) is 15.6 Å². The molecule has 0 unspecified atom stereocenters. The fourth-order valence-corrected chi connectivity index (χ4v) is 2.45. The second-order valence-electron chi connectivity index (χ2n) is 6.25. The highest BCUT2D eigenvalue weighted by Crippen LogP contribution is 2.22. The molecule has 6 heteroatoms. The maximum atomic E-state index is 5.89. The molecule has 0 atom stereocenters. The molecule has 2 N–H and O–H groups in total. The molecule has 0 aliphatic rings. The van der Waals surface area contributed by atoms with Crippen LogP contribution in [0.2, 0.25) is 0 Å². The molecule has 0 radical (unpaired) electrons. The number of benzene rings is 1. The third-order valence-electron chi connectivity index (χ3n) is 4.15. The lowest BCUT2D eigenvalue weighted by Crippen LogP contribution is -2.37. The zero-order valence-corrected chi connectivity index (χ0v) is 16.7. The van der Waals surface area contributed by atoms with Gasteiger partial charge in [0.25, 0.3) is 0 Å². The highest BCUT2D eigenvalue weighted by atomic mass is 16.5. The van der Waals surface area contributed by atoms with Crippen molar-refractivity contribution in [2.24, 2.45) is 4.99 Å². The Labute approximate surface area is 162 Å². The summed E-state index contributed by atoms with van der Waals surface area (Å²) in [5.41, 5.74) is 3.51. The molecular weight excluding hydrogens is 340 g/mol. The summed E-state index contributed by atoms with van der Waals surface area (Å²) in [5.74, 6) is 2.14. The number of hydrogen-bond acceptors (Lipinski definition) is 4. The van der Waals surface area contributed by atoms with Gasteiger partial charge in [-0.25, -0.2) is 4.98 Å². The van der Waals surface area contributed by atoms with Crippen LogP contribution in [0.25, 0.3) is 0 Å². The van der Waals surface area contributed by atoms with Crippen molar-refractivity contribution >= 4 is 5.96 Å². The summed E-state index contributed by atoms with van der Waals surface area (Å²) in [7, 11) is 1.76. The van der Waals surface area contributed by atoms with Gasteiger partial charge in [0.15, 0.2) is 5.96 Å². The minimum absolute atomic E-state index is 0.581. The Kier molecular flexibility index (Phi) is 8.58. The smallest absolute Gasteiger partial charge is 0.219 e. The van der Waals surface area contributed by atoms with E-state index in [1.165, 1.54) is 11.1 Å². The van der Waals surface area contributed by atoms with Crippen molar-refractivity contribution in [3.8, 4) is 11.6 Å². The summed E-state index contributed by atoms with van der Waals surface area (Å²) in [5, 5.41) is 6.58. The zero-order valence-electron chi connectivity index (χ0n) is 16.7. The summed E-state index contributed by atoms with van der Waals surface area (Å²) >= 11 is 0. The summed E-state index contributed by atoms with van der Waals surface area (Å²) in [6, 6.07) is 9.93. The van der Waals surface area contributed by atoms with Crippen LogP contribution in [-0.4, -0.2) is 37.7 Å². The monoisotopic (exact) mass is 370 g/mol. The van der Waals surface area contributed by atoms with E-state index in [1.807, 2.05) is 31.2 Å². The van der Waals surface area contributed by atoms with E-state index in [4.69, 9.17) is 9.47 Å². The van der Waals surface area contributed by atoms with Crippen molar-refractivity contribution < 1.29 is 9.47 Å². The quantitative estimate of drug-likeness (QED) is 0.401. The van der Waals surface area contributed by atoms with Gasteiger partial charge in [-0.05, 0) is 62.1 Å². The summed E-state index contributed by atoms with van der Waals surface area (Å²) < 4.78 is 11.2. The van der Waals surface area contributed by atoms with Gasteiger partial charge in [0.05, 0.1) is 0 Å². The van der Waals surface area contributed by atoms with Crippen molar-refractivity contribution in [1.29, 1.82) is 0 Å². The lowest BCUT2D eigenvalue weighted by atomic mass is 10.1. The molecule has 1 aromatic carbocycles. The number of guanidine groups is 1. The van der Waals surface area contributed by atoms with E-state index >= 15 is 0 Å². The molecule has 0 aliphatic heterocycles. The number of pyridine rings is 1. The van der Waals surface area contributed by atoms with Gasteiger partial charge in [-0.15, -0.1) is 0 Å². The third-order valence-corrected chi connectivity index (χ3v) is 4.15. The third kappa shape index (κ3) is 7.27. The van der Waals surface area contributed by atoms with Crippen LogP contribution in [0.15, 0.2) is 41.5 Å². The van der Waals surface area contributed by atoms with E-state index in [-0.39, 0.29) is 0 Å². The molecule has 146 valence electrons. The topological polar surface area (TPSA) is 67.8 Å². The number of aliphatic imine (C=N–C) groups is 1. The van der Waals surface area contributed by atoms with Crippen LogP contribution >= 0.6 is 0 Å². The van der Waals surface area contributed by atoms with E-state index in [2.05, 4.69) is 40.5 Å². The lowest BCUT2D eigenvalue weighted by molar-refractivity contribution is 0.145. The van der Waals surface area contributed by atoms with Crippen LogP contribution < -0.4 is 15.4 Å². The fourth-order valence-electron chi connectivity index (χ4n) is 2.45. The van der Waals surface area contributed by atoms with E-state index in [0.717, 1.165) is 43.5 Å². The van der Waals surface area contributed by atoms with Gasteiger partial charge < -0.3 is 20.1 Å². The first-order valence-corrected chi connectivity index (χ1v) is 9.34.